The zero-order chi connectivity index (χ0) is 20.7. The van der Waals surface area contributed by atoms with E-state index in [1.807, 2.05) is 63.2 Å². The third-order valence-electron chi connectivity index (χ3n) is 4.56. The number of hydrogen-bond donors (Lipinski definition) is 2. The molecule has 150 valence electrons. The molecule has 0 saturated heterocycles. The third-order valence-corrected chi connectivity index (χ3v) is 4.56. The maximum atomic E-state index is 12.4. The second-order valence-electron chi connectivity index (χ2n) is 7.02. The summed E-state index contributed by atoms with van der Waals surface area (Å²) in [4.78, 5) is 26.4. The van der Waals surface area contributed by atoms with Crippen molar-refractivity contribution < 1.29 is 14.3 Å². The molecule has 0 bridgehead atoms. The summed E-state index contributed by atoms with van der Waals surface area (Å²) >= 11 is 0. The van der Waals surface area contributed by atoms with Gasteiger partial charge in [-0.15, -0.1) is 0 Å². The maximum absolute atomic E-state index is 12.4. The van der Waals surface area contributed by atoms with Crippen molar-refractivity contribution in [3.8, 4) is 5.75 Å². The molecular weight excluding hydrogens is 354 g/mol. The normalized spacial score (nSPS) is 11.8. The van der Waals surface area contributed by atoms with Gasteiger partial charge in [0.25, 0.3) is 0 Å². The summed E-state index contributed by atoms with van der Waals surface area (Å²) in [5.41, 5.74) is 3.77. The Morgan fingerprint density at radius 2 is 1.61 bits per heavy atom. The van der Waals surface area contributed by atoms with Gasteiger partial charge >= 0.3 is 0 Å². The molecule has 2 rings (SSSR count). The van der Waals surface area contributed by atoms with Crippen molar-refractivity contribution in [1.29, 1.82) is 0 Å². The molecule has 1 unspecified atom stereocenters. The van der Waals surface area contributed by atoms with Crippen molar-refractivity contribution >= 4 is 17.5 Å². The number of amides is 2. The number of para-hydroxylation sites is 2. The molecule has 28 heavy (non-hydrogen) atoms. The summed E-state index contributed by atoms with van der Waals surface area (Å²) < 4.78 is 5.34. The number of ether oxygens (including phenoxy) is 1. The zero-order valence-corrected chi connectivity index (χ0v) is 17.2. The lowest BCUT2D eigenvalue weighted by Gasteiger charge is -2.20. The first-order valence-electron chi connectivity index (χ1n) is 9.28. The summed E-state index contributed by atoms with van der Waals surface area (Å²) in [6.45, 7) is 6.07. The van der Waals surface area contributed by atoms with Gasteiger partial charge in [-0.1, -0.05) is 36.4 Å². The molecule has 2 aromatic rings. The average molecular weight is 383 g/mol. The molecule has 0 fully saturated rings. The molecule has 0 spiro atoms. The quantitative estimate of drug-likeness (QED) is 0.735. The topological polar surface area (TPSA) is 70.7 Å². The molecule has 0 saturated carbocycles. The lowest BCUT2D eigenvalue weighted by atomic mass is 10.1. The molecule has 0 radical (unpaired) electrons. The highest BCUT2D eigenvalue weighted by molar-refractivity contribution is 5.94. The Morgan fingerprint density at radius 3 is 2.25 bits per heavy atom. The number of hydrogen-bond acceptors (Lipinski definition) is 4. The second-order valence-corrected chi connectivity index (χ2v) is 7.02. The van der Waals surface area contributed by atoms with Crippen molar-refractivity contribution in [1.82, 2.24) is 10.2 Å². The number of carbonyl (C=O) groups is 2. The number of methoxy groups -OCH3 is 1. The first-order valence-corrected chi connectivity index (χ1v) is 9.28. The number of rotatable bonds is 8. The predicted molar refractivity (Wildman–Crippen MR) is 112 cm³/mol. The van der Waals surface area contributed by atoms with Crippen molar-refractivity contribution in [3.63, 3.8) is 0 Å². The van der Waals surface area contributed by atoms with Crippen LogP contribution in [0.3, 0.4) is 0 Å². The molecule has 2 amide bonds. The first-order chi connectivity index (χ1) is 13.3. The molecule has 0 aliphatic carbocycles. The molecule has 2 N–H and O–H groups in total. The number of carbonyl (C=O) groups excluding carboxylic acids is 2. The van der Waals surface area contributed by atoms with E-state index in [2.05, 4.69) is 10.6 Å². The zero-order valence-electron chi connectivity index (χ0n) is 17.2. The van der Waals surface area contributed by atoms with Gasteiger partial charge in [-0.3, -0.25) is 14.5 Å². The highest BCUT2D eigenvalue weighted by atomic mass is 16.5. The maximum Gasteiger partial charge on any atom is 0.238 e. The highest BCUT2D eigenvalue weighted by Gasteiger charge is 2.16. The number of nitrogens with one attached hydrogen (secondary N) is 2. The number of likely N-dealkylation sites (N-methyl/N-ethyl adjacent to an activating group) is 1. The van der Waals surface area contributed by atoms with E-state index in [1.165, 1.54) is 0 Å². The Kier molecular flexibility index (Phi) is 7.58. The van der Waals surface area contributed by atoms with Crippen molar-refractivity contribution in [2.45, 2.75) is 26.8 Å². The van der Waals surface area contributed by atoms with Gasteiger partial charge in [-0.25, -0.2) is 0 Å². The summed E-state index contributed by atoms with van der Waals surface area (Å²) in [7, 11) is 3.35. The Bertz CT molecular complexity index is 815. The summed E-state index contributed by atoms with van der Waals surface area (Å²) in [5.74, 6) is 0.433. The fraction of sp³-hybridized carbons (Fsp3) is 0.364. The van der Waals surface area contributed by atoms with Gasteiger partial charge in [0.2, 0.25) is 11.8 Å². The smallest absolute Gasteiger partial charge is 0.238 e. The average Bonchev–Trinajstić information content (AvgIpc) is 2.64. The van der Waals surface area contributed by atoms with E-state index in [0.717, 1.165) is 28.1 Å². The third kappa shape index (κ3) is 5.82. The lowest BCUT2D eigenvalue weighted by molar-refractivity contribution is -0.123. The minimum absolute atomic E-state index is 0.125. The van der Waals surface area contributed by atoms with Crippen LogP contribution in [0, 0.1) is 13.8 Å². The summed E-state index contributed by atoms with van der Waals surface area (Å²) in [6, 6.07) is 13.3. The van der Waals surface area contributed by atoms with Gasteiger partial charge in [-0.05, 0) is 45.0 Å². The van der Waals surface area contributed by atoms with Crippen LogP contribution >= 0.6 is 0 Å². The minimum atomic E-state index is -0.194. The molecule has 0 aliphatic rings. The number of aryl methyl sites for hydroxylation is 2. The van der Waals surface area contributed by atoms with Crippen LogP contribution in [-0.4, -0.2) is 44.0 Å². The number of nitrogens with zero attached hydrogens (tertiary/aromatic N) is 1. The van der Waals surface area contributed by atoms with Crippen LogP contribution in [0.25, 0.3) is 0 Å². The van der Waals surface area contributed by atoms with Crippen LogP contribution in [0.2, 0.25) is 0 Å². The van der Waals surface area contributed by atoms with Crippen molar-refractivity contribution in [2.24, 2.45) is 0 Å². The molecule has 0 heterocycles. The Hall–Kier alpha value is -2.86. The van der Waals surface area contributed by atoms with Crippen LogP contribution in [-0.2, 0) is 9.59 Å². The molecule has 0 aromatic heterocycles. The Labute approximate surface area is 166 Å². The summed E-state index contributed by atoms with van der Waals surface area (Å²) in [6.07, 6.45) is 0. The van der Waals surface area contributed by atoms with Gasteiger partial charge in [0.1, 0.15) is 5.75 Å². The molecule has 1 atom stereocenters. The number of anilines is 1. The summed E-state index contributed by atoms with van der Waals surface area (Å²) in [5, 5.41) is 5.89. The van der Waals surface area contributed by atoms with E-state index in [-0.39, 0.29) is 30.9 Å². The molecule has 6 heteroatoms. The van der Waals surface area contributed by atoms with Crippen LogP contribution in [0.15, 0.2) is 42.5 Å². The van der Waals surface area contributed by atoms with E-state index in [0.29, 0.717) is 0 Å². The van der Waals surface area contributed by atoms with Crippen LogP contribution in [0.1, 0.15) is 29.7 Å². The van der Waals surface area contributed by atoms with Crippen molar-refractivity contribution in [3.05, 3.63) is 59.2 Å². The van der Waals surface area contributed by atoms with E-state index in [9.17, 15) is 9.59 Å². The minimum Gasteiger partial charge on any atom is -0.496 e. The fourth-order valence-corrected chi connectivity index (χ4v) is 3.13. The standard InChI is InChI=1S/C22H29N3O3/c1-15-9-8-10-16(2)22(15)24-21(27)14-25(4)13-20(26)23-17(3)18-11-6-7-12-19(18)28-5/h6-12,17H,13-14H2,1-5H3,(H,23,26)(H,24,27). The van der Waals surface area contributed by atoms with E-state index >= 15 is 0 Å². The van der Waals surface area contributed by atoms with E-state index in [4.69, 9.17) is 4.74 Å². The van der Waals surface area contributed by atoms with Gasteiger partial charge in [0, 0.05) is 11.3 Å². The van der Waals surface area contributed by atoms with Gasteiger partial charge < -0.3 is 15.4 Å². The fourth-order valence-electron chi connectivity index (χ4n) is 3.13. The Morgan fingerprint density at radius 1 is 1.00 bits per heavy atom. The Balaban J connectivity index is 1.87. The lowest BCUT2D eigenvalue weighted by Crippen LogP contribution is -2.39. The van der Waals surface area contributed by atoms with E-state index < -0.39 is 0 Å². The van der Waals surface area contributed by atoms with Crippen LogP contribution in [0.4, 0.5) is 5.69 Å². The van der Waals surface area contributed by atoms with Crippen LogP contribution < -0.4 is 15.4 Å². The monoisotopic (exact) mass is 383 g/mol. The van der Waals surface area contributed by atoms with Gasteiger partial charge in [0.15, 0.2) is 0 Å². The second kappa shape index (κ2) is 9.90. The SMILES string of the molecule is COc1ccccc1C(C)NC(=O)CN(C)CC(=O)Nc1c(C)cccc1C. The van der Waals surface area contributed by atoms with Crippen molar-refractivity contribution in [2.75, 3.05) is 32.6 Å². The van der Waals surface area contributed by atoms with Gasteiger partial charge in [-0.2, -0.15) is 0 Å². The largest absolute Gasteiger partial charge is 0.496 e. The molecule has 2 aromatic carbocycles. The van der Waals surface area contributed by atoms with Gasteiger partial charge in [0.05, 0.1) is 26.2 Å². The molecular formula is C22H29N3O3. The molecule has 0 aliphatic heterocycles. The number of benzene rings is 2. The molecule has 6 nitrogen and oxygen atoms in total. The van der Waals surface area contributed by atoms with Crippen LogP contribution in [0.5, 0.6) is 5.75 Å². The first kappa shape index (κ1) is 21.4. The highest BCUT2D eigenvalue weighted by Crippen LogP contribution is 2.24. The van der Waals surface area contributed by atoms with E-state index in [1.54, 1.807) is 19.1 Å². The predicted octanol–water partition coefficient (Wildman–Crippen LogP) is 3.06.